The number of hydrogen-bond donors (Lipinski definition) is 0. The van der Waals surface area contributed by atoms with Gasteiger partial charge >= 0.3 is 21.2 Å². The van der Waals surface area contributed by atoms with E-state index in [0.717, 1.165) is 13.1 Å². The minimum atomic E-state index is -0.234. The second kappa shape index (κ2) is 7.53. The van der Waals surface area contributed by atoms with Gasteiger partial charge in [-0.1, -0.05) is 23.2 Å². The number of anilines is 1. The molecule has 1 nitrogen and oxygen atoms in total. The highest BCUT2D eigenvalue weighted by Crippen LogP contribution is 2.15. The summed E-state index contributed by atoms with van der Waals surface area (Å²) in [5.41, 5.74) is 1.28. The van der Waals surface area contributed by atoms with Crippen molar-refractivity contribution in [1.29, 1.82) is 0 Å². The van der Waals surface area contributed by atoms with E-state index in [4.69, 9.17) is 23.2 Å². The van der Waals surface area contributed by atoms with E-state index in [0.29, 0.717) is 10.0 Å². The van der Waals surface area contributed by atoms with Gasteiger partial charge in [-0.3, -0.25) is 0 Å². The topological polar surface area (TPSA) is 3.24 Å². The summed E-state index contributed by atoms with van der Waals surface area (Å²) < 4.78 is 2.62. The van der Waals surface area contributed by atoms with Crippen molar-refractivity contribution in [3.05, 3.63) is 59.7 Å². The fraction of sp³-hybridized carbons (Fsp3) is 0.250. The van der Waals surface area contributed by atoms with Gasteiger partial charge in [0.2, 0.25) is 0 Å². The summed E-state index contributed by atoms with van der Waals surface area (Å²) in [4.78, 5) is 2.35. The number of nitrogens with zero attached hydrogens (tertiary/aromatic N) is 1. The van der Waals surface area contributed by atoms with Crippen LogP contribution < -0.4 is 26.1 Å². The van der Waals surface area contributed by atoms with Crippen molar-refractivity contribution in [2.24, 2.45) is 0 Å². The van der Waals surface area contributed by atoms with Crippen molar-refractivity contribution >= 4 is 28.9 Å². The van der Waals surface area contributed by atoms with Crippen molar-refractivity contribution in [2.75, 3.05) is 18.0 Å². The van der Waals surface area contributed by atoms with Crippen LogP contribution in [0.4, 0.5) is 5.69 Å². The van der Waals surface area contributed by atoms with Crippen LogP contribution in [0.5, 0.6) is 0 Å². The Hall–Kier alpha value is -0.450. The van der Waals surface area contributed by atoms with Crippen LogP contribution in [0.25, 0.3) is 0 Å². The Morgan fingerprint density at radius 2 is 1.40 bits per heavy atom. The van der Waals surface area contributed by atoms with Crippen LogP contribution in [0.1, 0.15) is 13.8 Å². The van der Waals surface area contributed by atoms with E-state index in [-0.39, 0.29) is 21.2 Å². The molecule has 106 valence electrons. The fourth-order valence-electron chi connectivity index (χ4n) is 2.00. The van der Waals surface area contributed by atoms with Crippen molar-refractivity contribution < 1.29 is 21.2 Å². The zero-order valence-electron chi connectivity index (χ0n) is 11.5. The van der Waals surface area contributed by atoms with Gasteiger partial charge in [0.05, 0.1) is 0 Å². The molecular formula is C16H17Cl2IN+. The van der Waals surface area contributed by atoms with Crippen LogP contribution in [0, 0.1) is 7.14 Å². The average Bonchev–Trinajstić information content (AvgIpc) is 2.41. The van der Waals surface area contributed by atoms with Crippen molar-refractivity contribution in [3.8, 4) is 0 Å². The number of benzene rings is 2. The molecule has 0 aliphatic rings. The monoisotopic (exact) mass is 420 g/mol. The molecule has 4 heteroatoms. The van der Waals surface area contributed by atoms with Gasteiger partial charge in [0, 0.05) is 41.0 Å². The van der Waals surface area contributed by atoms with Gasteiger partial charge < -0.3 is 4.90 Å². The minimum absolute atomic E-state index is 0.234. The summed E-state index contributed by atoms with van der Waals surface area (Å²) in [5.74, 6) is 0. The molecule has 2 rings (SSSR count). The Morgan fingerprint density at radius 1 is 0.850 bits per heavy atom. The Labute approximate surface area is 141 Å². The lowest BCUT2D eigenvalue weighted by Gasteiger charge is -2.20. The lowest BCUT2D eigenvalue weighted by atomic mass is 10.3. The smallest absolute Gasteiger partial charge is 0.358 e. The first-order chi connectivity index (χ1) is 9.62. The summed E-state index contributed by atoms with van der Waals surface area (Å²) in [5, 5.41) is 1.43. The predicted molar refractivity (Wildman–Crippen MR) is 83.9 cm³/mol. The summed E-state index contributed by atoms with van der Waals surface area (Å²) in [6.45, 7) is 6.43. The zero-order valence-corrected chi connectivity index (χ0v) is 15.2. The average molecular weight is 421 g/mol. The van der Waals surface area contributed by atoms with Gasteiger partial charge in [0.15, 0.2) is 7.14 Å². The van der Waals surface area contributed by atoms with Crippen LogP contribution >= 0.6 is 23.2 Å². The number of rotatable bonds is 5. The first-order valence-electron chi connectivity index (χ1n) is 6.58. The first-order valence-corrected chi connectivity index (χ1v) is 9.49. The molecule has 0 N–H and O–H groups in total. The molecule has 0 radical (unpaired) electrons. The molecule has 2 aromatic rings. The summed E-state index contributed by atoms with van der Waals surface area (Å²) >= 11 is 11.9. The van der Waals surface area contributed by atoms with Crippen molar-refractivity contribution in [2.45, 2.75) is 13.8 Å². The van der Waals surface area contributed by atoms with Crippen molar-refractivity contribution in [3.63, 3.8) is 0 Å². The van der Waals surface area contributed by atoms with Crippen LogP contribution in [0.2, 0.25) is 10.0 Å². The SMILES string of the molecule is CCN(CC)c1ccc([I+]c2cc(Cl)cc(Cl)c2)cc1. The largest absolute Gasteiger partial charge is 0.372 e. The van der Waals surface area contributed by atoms with Gasteiger partial charge in [-0.2, -0.15) is 0 Å². The second-order valence-electron chi connectivity index (χ2n) is 4.33. The molecule has 2 aromatic carbocycles. The Bertz CT molecular complexity index is 545. The van der Waals surface area contributed by atoms with Gasteiger partial charge in [0.25, 0.3) is 0 Å². The molecule has 20 heavy (non-hydrogen) atoms. The molecule has 0 heterocycles. The molecule has 0 atom stereocenters. The molecule has 0 aliphatic carbocycles. The van der Waals surface area contributed by atoms with E-state index >= 15 is 0 Å². The molecule has 0 saturated carbocycles. The van der Waals surface area contributed by atoms with Gasteiger partial charge in [-0.25, -0.2) is 0 Å². The quantitative estimate of drug-likeness (QED) is 0.668. The first kappa shape index (κ1) is 15.9. The minimum Gasteiger partial charge on any atom is -0.372 e. The molecule has 0 aromatic heterocycles. The van der Waals surface area contributed by atoms with E-state index in [1.165, 1.54) is 12.8 Å². The molecule has 0 fully saturated rings. The zero-order chi connectivity index (χ0) is 14.5. The molecule has 0 bridgehead atoms. The van der Waals surface area contributed by atoms with Gasteiger partial charge in [-0.15, -0.1) is 0 Å². The third-order valence-electron chi connectivity index (χ3n) is 3.00. The van der Waals surface area contributed by atoms with Gasteiger partial charge in [-0.05, 0) is 44.2 Å². The highest BCUT2D eigenvalue weighted by atomic mass is 127. The third kappa shape index (κ3) is 4.27. The second-order valence-corrected chi connectivity index (χ2v) is 8.23. The lowest BCUT2D eigenvalue weighted by molar-refractivity contribution is -0.597. The van der Waals surface area contributed by atoms with Crippen LogP contribution in [-0.2, 0) is 0 Å². The number of halogens is 3. The maximum atomic E-state index is 6.05. The summed E-state index contributed by atoms with van der Waals surface area (Å²) in [6.07, 6.45) is 0. The lowest BCUT2D eigenvalue weighted by Crippen LogP contribution is -3.61. The van der Waals surface area contributed by atoms with Crippen LogP contribution in [0.15, 0.2) is 42.5 Å². The molecule has 0 aliphatic heterocycles. The maximum Gasteiger partial charge on any atom is 0.358 e. The fourth-order valence-corrected chi connectivity index (χ4v) is 5.32. The summed E-state index contributed by atoms with van der Waals surface area (Å²) in [6, 6.07) is 14.6. The van der Waals surface area contributed by atoms with E-state index in [2.05, 4.69) is 43.0 Å². The maximum absolute atomic E-state index is 6.05. The Morgan fingerprint density at radius 3 is 1.90 bits per heavy atom. The molecule has 0 amide bonds. The predicted octanol–water partition coefficient (Wildman–Crippen LogP) is 1.97. The molecule has 0 spiro atoms. The van der Waals surface area contributed by atoms with E-state index in [9.17, 15) is 0 Å². The standard InChI is InChI=1S/C16H17Cl2IN/c1-3-20(4-2)16-7-5-14(6-8-16)19-15-10-12(17)9-13(18)11-15/h5-11H,3-4H2,1-2H3/q+1. The number of hydrogen-bond acceptors (Lipinski definition) is 1. The van der Waals surface area contributed by atoms with E-state index in [1.807, 2.05) is 12.1 Å². The van der Waals surface area contributed by atoms with Gasteiger partial charge in [0.1, 0.15) is 0 Å². The Kier molecular flexibility index (Phi) is 6.00. The van der Waals surface area contributed by atoms with E-state index < -0.39 is 0 Å². The van der Waals surface area contributed by atoms with Crippen LogP contribution in [-0.4, -0.2) is 13.1 Å². The van der Waals surface area contributed by atoms with Crippen LogP contribution in [0.3, 0.4) is 0 Å². The third-order valence-corrected chi connectivity index (χ3v) is 6.02. The normalized spacial score (nSPS) is 10.6. The van der Waals surface area contributed by atoms with E-state index in [1.54, 1.807) is 6.07 Å². The molecule has 0 saturated heterocycles. The molecule has 0 unspecified atom stereocenters. The highest BCUT2D eigenvalue weighted by molar-refractivity contribution is 6.34. The highest BCUT2D eigenvalue weighted by Gasteiger charge is 2.17. The Balaban J connectivity index is 2.14. The molecular weight excluding hydrogens is 404 g/mol. The summed E-state index contributed by atoms with van der Waals surface area (Å²) in [7, 11) is 0. The van der Waals surface area contributed by atoms with Crippen molar-refractivity contribution in [1.82, 2.24) is 0 Å².